The molecule has 1 fully saturated rings. The topological polar surface area (TPSA) is 25.4 Å². The van der Waals surface area contributed by atoms with Crippen molar-refractivity contribution >= 4 is 10.9 Å². The number of fused-ring (bicyclic) bond motifs is 3. The minimum absolute atomic E-state index is 0.156. The summed E-state index contributed by atoms with van der Waals surface area (Å²) in [4.78, 5) is 7.58. The molecule has 2 atom stereocenters. The first-order valence-corrected chi connectivity index (χ1v) is 9.88. The van der Waals surface area contributed by atoms with Gasteiger partial charge in [0.2, 0.25) is 0 Å². The van der Waals surface area contributed by atoms with Gasteiger partial charge >= 0.3 is 0 Å². The summed E-state index contributed by atoms with van der Waals surface area (Å²) in [6.45, 7) is 2.28. The Kier molecular flexibility index (Phi) is 3.94. The normalized spacial score (nSPS) is 25.0. The lowest BCUT2D eigenvalue weighted by Gasteiger charge is -2.50. The molecule has 1 unspecified atom stereocenters. The van der Waals surface area contributed by atoms with E-state index < -0.39 is 0 Å². The van der Waals surface area contributed by atoms with E-state index in [0.717, 1.165) is 37.2 Å². The van der Waals surface area contributed by atoms with E-state index in [2.05, 4.69) is 60.5 Å². The standard InChI is InChI=1S/C24H26N2O/c1-26-11-10-24(19-7-5-8-21(14-19)27-2)15-23-18(13-20(24)16-26)12-17-6-3-4-9-22(17)25-23/h3-9,12,14,20H,10-11,13,15-16H2,1-2H3/t20?,24-/m0/s1. The molecule has 138 valence electrons. The number of ether oxygens (including phenoxy) is 1. The van der Waals surface area contributed by atoms with Gasteiger partial charge in [-0.25, -0.2) is 0 Å². The number of nitrogens with zero attached hydrogens (tertiary/aromatic N) is 2. The molecule has 3 aromatic rings. The highest BCUT2D eigenvalue weighted by atomic mass is 16.5. The first-order valence-electron chi connectivity index (χ1n) is 9.88. The van der Waals surface area contributed by atoms with Crippen LogP contribution < -0.4 is 4.74 Å². The molecule has 1 aliphatic carbocycles. The van der Waals surface area contributed by atoms with Crippen molar-refractivity contribution < 1.29 is 4.74 Å². The molecule has 0 bridgehead atoms. The Hall–Kier alpha value is -2.39. The number of aromatic nitrogens is 1. The number of pyridine rings is 1. The van der Waals surface area contributed by atoms with Crippen LogP contribution in [0, 0.1) is 5.92 Å². The number of rotatable bonds is 2. The zero-order valence-electron chi connectivity index (χ0n) is 16.1. The summed E-state index contributed by atoms with van der Waals surface area (Å²) >= 11 is 0. The summed E-state index contributed by atoms with van der Waals surface area (Å²) < 4.78 is 5.54. The lowest BCUT2D eigenvalue weighted by molar-refractivity contribution is 0.0987. The van der Waals surface area contributed by atoms with E-state index in [-0.39, 0.29) is 5.41 Å². The van der Waals surface area contributed by atoms with Gasteiger partial charge in [0.25, 0.3) is 0 Å². The van der Waals surface area contributed by atoms with Crippen molar-refractivity contribution in [3.8, 4) is 5.75 Å². The molecule has 1 aliphatic heterocycles. The summed E-state index contributed by atoms with van der Waals surface area (Å²) in [6.07, 6.45) is 3.31. The van der Waals surface area contributed by atoms with E-state index >= 15 is 0 Å². The van der Waals surface area contributed by atoms with Gasteiger partial charge in [0.15, 0.2) is 0 Å². The van der Waals surface area contributed by atoms with E-state index in [0.29, 0.717) is 5.92 Å². The average molecular weight is 358 g/mol. The Morgan fingerprint density at radius 1 is 1.11 bits per heavy atom. The van der Waals surface area contributed by atoms with Gasteiger partial charge in [0, 0.05) is 29.5 Å². The molecular formula is C24H26N2O. The number of para-hydroxylation sites is 1. The Bertz CT molecular complexity index is 999. The number of methoxy groups -OCH3 is 1. The zero-order valence-corrected chi connectivity index (χ0v) is 16.1. The number of hydrogen-bond donors (Lipinski definition) is 0. The fourth-order valence-corrected chi connectivity index (χ4v) is 5.24. The largest absolute Gasteiger partial charge is 0.497 e. The third-order valence-corrected chi connectivity index (χ3v) is 6.74. The van der Waals surface area contributed by atoms with Crippen molar-refractivity contribution in [2.75, 3.05) is 27.2 Å². The Labute approximate surface area is 161 Å². The molecule has 3 heteroatoms. The van der Waals surface area contributed by atoms with Gasteiger partial charge in [-0.05, 0) is 67.7 Å². The highest BCUT2D eigenvalue weighted by Crippen LogP contribution is 2.48. The molecule has 0 amide bonds. The molecular weight excluding hydrogens is 332 g/mol. The zero-order chi connectivity index (χ0) is 18.4. The molecule has 0 N–H and O–H groups in total. The van der Waals surface area contributed by atoms with Crippen molar-refractivity contribution in [1.29, 1.82) is 0 Å². The average Bonchev–Trinajstić information content (AvgIpc) is 2.71. The predicted octanol–water partition coefficient (Wildman–Crippen LogP) is 4.23. The number of benzene rings is 2. The molecule has 1 saturated heterocycles. The van der Waals surface area contributed by atoms with Crippen molar-refractivity contribution in [3.63, 3.8) is 0 Å². The van der Waals surface area contributed by atoms with Gasteiger partial charge in [0.05, 0.1) is 12.6 Å². The van der Waals surface area contributed by atoms with Gasteiger partial charge in [-0.3, -0.25) is 4.98 Å². The van der Waals surface area contributed by atoms with Crippen LogP contribution in [-0.2, 0) is 18.3 Å². The van der Waals surface area contributed by atoms with Crippen molar-refractivity contribution in [2.24, 2.45) is 5.92 Å². The van der Waals surface area contributed by atoms with E-state index in [1.165, 1.54) is 28.6 Å². The molecule has 2 heterocycles. The van der Waals surface area contributed by atoms with Crippen LogP contribution in [0.1, 0.15) is 23.2 Å². The monoisotopic (exact) mass is 358 g/mol. The number of likely N-dealkylation sites (tertiary alicyclic amines) is 1. The molecule has 1 aromatic heterocycles. The number of hydrogen-bond acceptors (Lipinski definition) is 3. The van der Waals surface area contributed by atoms with Crippen LogP contribution in [-0.4, -0.2) is 37.1 Å². The van der Waals surface area contributed by atoms with Crippen LogP contribution in [0.15, 0.2) is 54.6 Å². The Balaban J connectivity index is 1.65. The van der Waals surface area contributed by atoms with Crippen LogP contribution in [0.4, 0.5) is 0 Å². The van der Waals surface area contributed by atoms with Crippen LogP contribution >= 0.6 is 0 Å². The van der Waals surface area contributed by atoms with Gasteiger partial charge in [-0.15, -0.1) is 0 Å². The molecule has 27 heavy (non-hydrogen) atoms. The molecule has 0 radical (unpaired) electrons. The second kappa shape index (κ2) is 6.35. The Morgan fingerprint density at radius 2 is 2.00 bits per heavy atom. The van der Waals surface area contributed by atoms with Crippen molar-refractivity contribution in [1.82, 2.24) is 9.88 Å². The minimum Gasteiger partial charge on any atom is -0.497 e. The summed E-state index contributed by atoms with van der Waals surface area (Å²) in [6, 6.07) is 19.6. The maximum atomic E-state index is 5.54. The molecule has 0 spiro atoms. The molecule has 2 aliphatic rings. The minimum atomic E-state index is 0.156. The van der Waals surface area contributed by atoms with Gasteiger partial charge in [0.1, 0.15) is 5.75 Å². The van der Waals surface area contributed by atoms with Crippen molar-refractivity contribution in [3.05, 3.63) is 71.4 Å². The third kappa shape index (κ3) is 2.72. The first-order chi connectivity index (χ1) is 13.2. The van der Waals surface area contributed by atoms with Crippen LogP contribution in [0.5, 0.6) is 5.75 Å². The fraction of sp³-hybridized carbons (Fsp3) is 0.375. The van der Waals surface area contributed by atoms with E-state index in [1.807, 2.05) is 6.07 Å². The summed E-state index contributed by atoms with van der Waals surface area (Å²) in [5.74, 6) is 1.57. The Morgan fingerprint density at radius 3 is 2.89 bits per heavy atom. The maximum Gasteiger partial charge on any atom is 0.119 e. The second-order valence-electron chi connectivity index (χ2n) is 8.27. The fourth-order valence-electron chi connectivity index (χ4n) is 5.24. The molecule has 2 aromatic carbocycles. The molecule has 5 rings (SSSR count). The quantitative estimate of drug-likeness (QED) is 0.685. The summed E-state index contributed by atoms with van der Waals surface area (Å²) in [5, 5.41) is 1.26. The SMILES string of the molecule is COc1cccc([C@@]23CCN(C)CC2Cc2cc4ccccc4nc2C3)c1. The first kappa shape index (κ1) is 16.8. The molecule has 3 nitrogen and oxygen atoms in total. The number of piperidine rings is 1. The lowest BCUT2D eigenvalue weighted by atomic mass is 9.58. The van der Waals surface area contributed by atoms with Crippen molar-refractivity contribution in [2.45, 2.75) is 24.7 Å². The van der Waals surface area contributed by atoms with E-state index in [4.69, 9.17) is 9.72 Å². The van der Waals surface area contributed by atoms with Gasteiger partial charge in [-0.2, -0.15) is 0 Å². The van der Waals surface area contributed by atoms with Crippen LogP contribution in [0.3, 0.4) is 0 Å². The highest BCUT2D eigenvalue weighted by molar-refractivity contribution is 5.79. The summed E-state index contributed by atoms with van der Waals surface area (Å²) in [5.41, 5.74) is 5.41. The van der Waals surface area contributed by atoms with E-state index in [9.17, 15) is 0 Å². The lowest BCUT2D eigenvalue weighted by Crippen LogP contribution is -2.53. The second-order valence-corrected chi connectivity index (χ2v) is 8.27. The van der Waals surface area contributed by atoms with Gasteiger partial charge in [-0.1, -0.05) is 30.3 Å². The van der Waals surface area contributed by atoms with E-state index in [1.54, 1.807) is 7.11 Å². The van der Waals surface area contributed by atoms with Crippen LogP contribution in [0.2, 0.25) is 0 Å². The molecule has 0 saturated carbocycles. The van der Waals surface area contributed by atoms with Gasteiger partial charge < -0.3 is 9.64 Å². The summed E-state index contributed by atoms with van der Waals surface area (Å²) in [7, 11) is 4.01. The maximum absolute atomic E-state index is 5.54. The highest BCUT2D eigenvalue weighted by Gasteiger charge is 2.47. The smallest absolute Gasteiger partial charge is 0.119 e. The third-order valence-electron chi connectivity index (χ3n) is 6.74. The predicted molar refractivity (Wildman–Crippen MR) is 109 cm³/mol. The van der Waals surface area contributed by atoms with Crippen LogP contribution in [0.25, 0.3) is 10.9 Å².